The standard InChI is InChI=1S/C26H24O7/c1-5-31-26(27)23-19-14-18(28-2)15-22(30-4)25(19)33-24(23)16-11-12-20(21(13-16)29-3)32-17-9-7-6-8-10-17/h6-15H,5H2,1-4H3. The summed E-state index contributed by atoms with van der Waals surface area (Å²) in [7, 11) is 4.62. The molecule has 170 valence electrons. The Kier molecular flexibility index (Phi) is 6.40. The van der Waals surface area contributed by atoms with Crippen molar-refractivity contribution in [1.82, 2.24) is 0 Å². The molecule has 0 amide bonds. The summed E-state index contributed by atoms with van der Waals surface area (Å²) >= 11 is 0. The highest BCUT2D eigenvalue weighted by Crippen LogP contribution is 2.43. The fourth-order valence-electron chi connectivity index (χ4n) is 3.53. The molecule has 0 spiro atoms. The van der Waals surface area contributed by atoms with E-state index in [1.165, 1.54) is 7.11 Å². The van der Waals surface area contributed by atoms with E-state index in [0.717, 1.165) is 0 Å². The van der Waals surface area contributed by atoms with E-state index in [2.05, 4.69) is 0 Å². The minimum absolute atomic E-state index is 0.221. The number of hydrogen-bond acceptors (Lipinski definition) is 7. The number of esters is 1. The Morgan fingerprint density at radius 2 is 1.58 bits per heavy atom. The number of ether oxygens (including phenoxy) is 5. The van der Waals surface area contributed by atoms with Gasteiger partial charge >= 0.3 is 5.97 Å². The lowest BCUT2D eigenvalue weighted by atomic mass is 10.0. The van der Waals surface area contributed by atoms with Crippen LogP contribution in [0.25, 0.3) is 22.3 Å². The van der Waals surface area contributed by atoms with Gasteiger partial charge in [-0.25, -0.2) is 4.79 Å². The molecule has 0 atom stereocenters. The molecule has 7 heteroatoms. The molecule has 0 saturated heterocycles. The summed E-state index contributed by atoms with van der Waals surface area (Å²) in [6.07, 6.45) is 0. The predicted octanol–water partition coefficient (Wildman–Crippen LogP) is 6.09. The molecular formula is C26H24O7. The molecule has 7 nitrogen and oxygen atoms in total. The zero-order valence-electron chi connectivity index (χ0n) is 18.8. The number of hydrogen-bond donors (Lipinski definition) is 0. The van der Waals surface area contributed by atoms with Crippen molar-refractivity contribution in [3.8, 4) is 40.1 Å². The van der Waals surface area contributed by atoms with E-state index in [1.54, 1.807) is 51.5 Å². The maximum absolute atomic E-state index is 13.0. The summed E-state index contributed by atoms with van der Waals surface area (Å²) in [5.74, 6) is 2.48. The zero-order chi connectivity index (χ0) is 23.4. The zero-order valence-corrected chi connectivity index (χ0v) is 18.8. The van der Waals surface area contributed by atoms with Crippen molar-refractivity contribution in [3.63, 3.8) is 0 Å². The molecular weight excluding hydrogens is 424 g/mol. The van der Waals surface area contributed by atoms with Crippen LogP contribution in [0, 0.1) is 0 Å². The molecule has 0 bridgehead atoms. The van der Waals surface area contributed by atoms with Gasteiger partial charge in [0.25, 0.3) is 0 Å². The topological polar surface area (TPSA) is 76.4 Å². The summed E-state index contributed by atoms with van der Waals surface area (Å²) in [5, 5.41) is 0.531. The summed E-state index contributed by atoms with van der Waals surface area (Å²) in [6, 6.07) is 18.1. The van der Waals surface area contributed by atoms with Gasteiger partial charge in [-0.3, -0.25) is 0 Å². The number of fused-ring (bicyclic) bond motifs is 1. The SMILES string of the molecule is CCOC(=O)c1c(-c2ccc(Oc3ccccc3)c(OC)c2)oc2c(OC)cc(OC)cc12. The van der Waals surface area contributed by atoms with Crippen molar-refractivity contribution in [2.45, 2.75) is 6.92 Å². The first-order valence-electron chi connectivity index (χ1n) is 10.4. The van der Waals surface area contributed by atoms with Crippen LogP contribution in [0.4, 0.5) is 0 Å². The van der Waals surface area contributed by atoms with Gasteiger partial charge in [-0.15, -0.1) is 0 Å². The molecule has 0 N–H and O–H groups in total. The molecule has 0 fully saturated rings. The van der Waals surface area contributed by atoms with Gasteiger partial charge in [-0.05, 0) is 43.3 Å². The smallest absolute Gasteiger partial charge is 0.342 e. The Morgan fingerprint density at radius 3 is 2.24 bits per heavy atom. The summed E-state index contributed by atoms with van der Waals surface area (Å²) in [6.45, 7) is 1.97. The molecule has 4 rings (SSSR count). The first kappa shape index (κ1) is 22.1. The Labute approximate surface area is 191 Å². The number of methoxy groups -OCH3 is 3. The first-order valence-corrected chi connectivity index (χ1v) is 10.4. The van der Waals surface area contributed by atoms with E-state index in [9.17, 15) is 4.79 Å². The molecule has 0 aliphatic heterocycles. The molecule has 33 heavy (non-hydrogen) atoms. The number of carbonyl (C=O) groups excluding carboxylic acids is 1. The van der Waals surface area contributed by atoms with Crippen LogP contribution in [-0.2, 0) is 4.74 Å². The second kappa shape index (κ2) is 9.56. The highest BCUT2D eigenvalue weighted by Gasteiger charge is 2.27. The van der Waals surface area contributed by atoms with Crippen LogP contribution in [-0.4, -0.2) is 33.9 Å². The van der Waals surface area contributed by atoms with E-state index >= 15 is 0 Å². The average molecular weight is 448 g/mol. The summed E-state index contributed by atoms with van der Waals surface area (Å²) in [5.41, 5.74) is 1.32. The first-order chi connectivity index (χ1) is 16.1. The summed E-state index contributed by atoms with van der Waals surface area (Å²) in [4.78, 5) is 13.0. The van der Waals surface area contributed by atoms with Crippen LogP contribution >= 0.6 is 0 Å². The van der Waals surface area contributed by atoms with Crippen molar-refractivity contribution in [1.29, 1.82) is 0 Å². The van der Waals surface area contributed by atoms with Gasteiger partial charge in [0.1, 0.15) is 22.8 Å². The van der Waals surface area contributed by atoms with Crippen molar-refractivity contribution in [2.24, 2.45) is 0 Å². The number of para-hydroxylation sites is 1. The molecule has 0 radical (unpaired) electrons. The largest absolute Gasteiger partial charge is 0.497 e. The van der Waals surface area contributed by atoms with E-state index in [4.69, 9.17) is 28.1 Å². The molecule has 1 heterocycles. The Bertz CT molecular complexity index is 1280. The van der Waals surface area contributed by atoms with Gasteiger partial charge in [0.05, 0.1) is 27.9 Å². The van der Waals surface area contributed by atoms with Crippen LogP contribution in [0.1, 0.15) is 17.3 Å². The van der Waals surface area contributed by atoms with Crippen LogP contribution in [0.2, 0.25) is 0 Å². The maximum atomic E-state index is 13.0. The van der Waals surface area contributed by atoms with Gasteiger partial charge in [-0.2, -0.15) is 0 Å². The normalized spacial score (nSPS) is 10.7. The van der Waals surface area contributed by atoms with Crippen molar-refractivity contribution >= 4 is 16.9 Å². The predicted molar refractivity (Wildman–Crippen MR) is 124 cm³/mol. The number of rotatable bonds is 8. The quantitative estimate of drug-likeness (QED) is 0.302. The third-order valence-corrected chi connectivity index (χ3v) is 5.06. The molecule has 1 aromatic heterocycles. The molecule has 0 saturated carbocycles. The Balaban J connectivity index is 1.87. The monoisotopic (exact) mass is 448 g/mol. The fourth-order valence-corrected chi connectivity index (χ4v) is 3.53. The van der Waals surface area contributed by atoms with Gasteiger partial charge < -0.3 is 28.1 Å². The molecule has 4 aromatic rings. The van der Waals surface area contributed by atoms with Crippen LogP contribution < -0.4 is 18.9 Å². The lowest BCUT2D eigenvalue weighted by Gasteiger charge is -2.12. The van der Waals surface area contributed by atoms with Crippen LogP contribution in [0.15, 0.2) is 65.1 Å². The molecule has 0 aliphatic rings. The molecule has 0 aliphatic carbocycles. The number of benzene rings is 3. The average Bonchev–Trinajstić information content (AvgIpc) is 3.24. The van der Waals surface area contributed by atoms with Crippen molar-refractivity contribution < 1.29 is 32.9 Å². The van der Waals surface area contributed by atoms with Crippen molar-refractivity contribution in [3.05, 3.63) is 66.2 Å². The molecule has 3 aromatic carbocycles. The number of carbonyl (C=O) groups is 1. The minimum atomic E-state index is -0.509. The minimum Gasteiger partial charge on any atom is -0.497 e. The van der Waals surface area contributed by atoms with Gasteiger partial charge in [0.15, 0.2) is 22.8 Å². The van der Waals surface area contributed by atoms with Gasteiger partial charge in [0.2, 0.25) is 0 Å². The van der Waals surface area contributed by atoms with E-state index in [-0.39, 0.29) is 12.2 Å². The fraction of sp³-hybridized carbons (Fsp3) is 0.192. The number of furan rings is 1. The summed E-state index contributed by atoms with van der Waals surface area (Å²) < 4.78 is 33.8. The highest BCUT2D eigenvalue weighted by molar-refractivity contribution is 6.10. The third kappa shape index (κ3) is 4.30. The van der Waals surface area contributed by atoms with E-state index < -0.39 is 5.97 Å². The van der Waals surface area contributed by atoms with Crippen LogP contribution in [0.3, 0.4) is 0 Å². The van der Waals surface area contributed by atoms with Crippen LogP contribution in [0.5, 0.6) is 28.7 Å². The van der Waals surface area contributed by atoms with Gasteiger partial charge in [-0.1, -0.05) is 18.2 Å². The Morgan fingerprint density at radius 1 is 0.818 bits per heavy atom. The Hall–Kier alpha value is -4.13. The van der Waals surface area contributed by atoms with E-state index in [0.29, 0.717) is 51.0 Å². The van der Waals surface area contributed by atoms with Crippen molar-refractivity contribution in [2.75, 3.05) is 27.9 Å². The second-order valence-electron chi connectivity index (χ2n) is 7.01. The highest BCUT2D eigenvalue weighted by atomic mass is 16.5. The maximum Gasteiger partial charge on any atom is 0.342 e. The lowest BCUT2D eigenvalue weighted by Crippen LogP contribution is -2.05. The molecule has 0 unspecified atom stereocenters. The lowest BCUT2D eigenvalue weighted by molar-refractivity contribution is 0.0528. The second-order valence-corrected chi connectivity index (χ2v) is 7.01. The third-order valence-electron chi connectivity index (χ3n) is 5.06. The van der Waals surface area contributed by atoms with E-state index in [1.807, 2.05) is 30.3 Å². The van der Waals surface area contributed by atoms with Gasteiger partial charge in [0, 0.05) is 17.0 Å².